The van der Waals surface area contributed by atoms with Crippen LogP contribution >= 0.6 is 11.5 Å². The van der Waals surface area contributed by atoms with E-state index < -0.39 is 0 Å². The lowest BCUT2D eigenvalue weighted by Gasteiger charge is -2.38. The first-order valence-corrected chi connectivity index (χ1v) is 7.81. The van der Waals surface area contributed by atoms with E-state index in [1.165, 1.54) is 17.1 Å². The summed E-state index contributed by atoms with van der Waals surface area (Å²) in [5.41, 5.74) is 1.27. The second-order valence-electron chi connectivity index (χ2n) is 5.07. The number of rotatable bonds is 3. The maximum atomic E-state index is 5.84. The van der Waals surface area contributed by atoms with Crippen LogP contribution in [0.4, 0.5) is 5.13 Å². The largest absolute Gasteiger partial charge is 0.374 e. The quantitative estimate of drug-likeness (QED) is 0.870. The van der Waals surface area contributed by atoms with Crippen LogP contribution in [0.15, 0.2) is 30.3 Å². The van der Waals surface area contributed by atoms with Gasteiger partial charge in [0.25, 0.3) is 0 Å². The van der Waals surface area contributed by atoms with E-state index >= 15 is 0 Å². The van der Waals surface area contributed by atoms with Crippen LogP contribution in [-0.2, 0) is 11.2 Å². The molecule has 1 aliphatic heterocycles. The highest BCUT2D eigenvalue weighted by atomic mass is 32.1. The highest BCUT2D eigenvalue weighted by Gasteiger charge is 2.30. The average molecular weight is 289 g/mol. The van der Waals surface area contributed by atoms with Crippen molar-refractivity contribution in [3.63, 3.8) is 0 Å². The predicted octanol–water partition coefficient (Wildman–Crippen LogP) is 3.07. The van der Waals surface area contributed by atoms with E-state index in [4.69, 9.17) is 4.74 Å². The lowest BCUT2D eigenvalue weighted by Crippen LogP contribution is -2.43. The summed E-state index contributed by atoms with van der Waals surface area (Å²) in [6.45, 7) is 5.75. The Kier molecular flexibility index (Phi) is 3.98. The number of nitrogens with zero attached hydrogens (tertiary/aromatic N) is 3. The molecule has 1 aromatic carbocycles. The Morgan fingerprint density at radius 1 is 1.35 bits per heavy atom. The second-order valence-corrected chi connectivity index (χ2v) is 5.80. The molecule has 0 spiro atoms. The minimum atomic E-state index is 0.226. The summed E-state index contributed by atoms with van der Waals surface area (Å²) in [5.74, 6) is 0.927. The van der Waals surface area contributed by atoms with Gasteiger partial charge in [-0.05, 0) is 12.5 Å². The summed E-state index contributed by atoms with van der Waals surface area (Å²) >= 11 is 1.49. The van der Waals surface area contributed by atoms with Gasteiger partial charge < -0.3 is 9.64 Å². The normalized spacial score (nSPS) is 23.0. The molecule has 2 aromatic rings. The van der Waals surface area contributed by atoms with Gasteiger partial charge >= 0.3 is 0 Å². The fourth-order valence-corrected chi connectivity index (χ4v) is 3.28. The standard InChI is InChI=1S/C15H19N3OS/c1-3-14-16-15(20-17-14)18-9-11(2)19-10-13(18)12-7-5-4-6-8-12/h4-8,11,13H,3,9-10H2,1-2H3. The van der Waals surface area contributed by atoms with Crippen LogP contribution in [-0.4, -0.2) is 28.6 Å². The molecule has 1 saturated heterocycles. The summed E-state index contributed by atoms with van der Waals surface area (Å²) in [6, 6.07) is 10.7. The second kappa shape index (κ2) is 5.89. The van der Waals surface area contributed by atoms with Gasteiger partial charge in [0.05, 0.1) is 18.8 Å². The summed E-state index contributed by atoms with van der Waals surface area (Å²) < 4.78 is 10.3. The van der Waals surface area contributed by atoms with Crippen LogP contribution < -0.4 is 4.90 Å². The number of benzene rings is 1. The Balaban J connectivity index is 1.91. The summed E-state index contributed by atoms with van der Waals surface area (Å²) in [7, 11) is 0. The fourth-order valence-electron chi connectivity index (χ4n) is 2.47. The molecule has 0 aliphatic carbocycles. The first-order valence-electron chi connectivity index (χ1n) is 7.03. The van der Waals surface area contributed by atoms with Gasteiger partial charge in [-0.15, -0.1) is 0 Å². The minimum absolute atomic E-state index is 0.226. The van der Waals surface area contributed by atoms with E-state index in [1.807, 2.05) is 6.07 Å². The molecule has 2 heterocycles. The number of hydrogen-bond donors (Lipinski definition) is 0. The molecule has 106 valence electrons. The third-order valence-corrected chi connectivity index (χ3v) is 4.36. The lowest BCUT2D eigenvalue weighted by molar-refractivity contribution is 0.0303. The molecule has 0 radical (unpaired) electrons. The maximum absolute atomic E-state index is 5.84. The number of hydrogen-bond acceptors (Lipinski definition) is 5. The highest BCUT2D eigenvalue weighted by molar-refractivity contribution is 7.09. The molecular formula is C15H19N3OS. The Bertz CT molecular complexity index is 557. The van der Waals surface area contributed by atoms with Crippen molar-refractivity contribution >= 4 is 16.7 Å². The van der Waals surface area contributed by atoms with Crippen LogP contribution in [0.1, 0.15) is 31.3 Å². The maximum Gasteiger partial charge on any atom is 0.205 e. The van der Waals surface area contributed by atoms with Crippen LogP contribution in [0, 0.1) is 0 Å². The molecule has 1 aromatic heterocycles. The number of ether oxygens (including phenoxy) is 1. The van der Waals surface area contributed by atoms with Crippen molar-refractivity contribution in [2.45, 2.75) is 32.4 Å². The van der Waals surface area contributed by atoms with Gasteiger partial charge in [-0.1, -0.05) is 37.3 Å². The van der Waals surface area contributed by atoms with Gasteiger partial charge in [0.2, 0.25) is 5.13 Å². The van der Waals surface area contributed by atoms with Crippen LogP contribution in [0.5, 0.6) is 0 Å². The summed E-state index contributed by atoms with van der Waals surface area (Å²) in [4.78, 5) is 6.97. The predicted molar refractivity (Wildman–Crippen MR) is 81.2 cm³/mol. The van der Waals surface area contributed by atoms with Crippen molar-refractivity contribution < 1.29 is 4.74 Å². The zero-order valence-corrected chi connectivity index (χ0v) is 12.6. The van der Waals surface area contributed by atoms with Crippen molar-refractivity contribution in [1.29, 1.82) is 0 Å². The number of aromatic nitrogens is 2. The topological polar surface area (TPSA) is 38.2 Å². The lowest BCUT2D eigenvalue weighted by atomic mass is 10.0. The third kappa shape index (κ3) is 2.69. The molecule has 2 unspecified atom stereocenters. The smallest absolute Gasteiger partial charge is 0.205 e. The molecule has 1 aliphatic rings. The van der Waals surface area contributed by atoms with Gasteiger partial charge in [-0.2, -0.15) is 4.37 Å². The van der Waals surface area contributed by atoms with Crippen molar-refractivity contribution in [1.82, 2.24) is 9.36 Å². The number of morpholine rings is 1. The Morgan fingerprint density at radius 3 is 2.85 bits per heavy atom. The van der Waals surface area contributed by atoms with Crippen molar-refractivity contribution in [3.05, 3.63) is 41.7 Å². The number of anilines is 1. The number of aryl methyl sites for hydroxylation is 1. The van der Waals surface area contributed by atoms with Gasteiger partial charge in [-0.25, -0.2) is 4.98 Å². The van der Waals surface area contributed by atoms with Crippen LogP contribution in [0.3, 0.4) is 0 Å². The fraction of sp³-hybridized carbons (Fsp3) is 0.467. The third-order valence-electron chi connectivity index (χ3n) is 3.57. The molecule has 3 rings (SSSR count). The van der Waals surface area contributed by atoms with Crippen molar-refractivity contribution in [3.8, 4) is 0 Å². The zero-order chi connectivity index (χ0) is 13.9. The van der Waals surface area contributed by atoms with Crippen LogP contribution in [0.25, 0.3) is 0 Å². The van der Waals surface area contributed by atoms with Gasteiger partial charge in [0.1, 0.15) is 5.82 Å². The SMILES string of the molecule is CCc1nsc(N2CC(C)OCC2c2ccccc2)n1. The van der Waals surface area contributed by atoms with Crippen LogP contribution in [0.2, 0.25) is 0 Å². The molecule has 0 N–H and O–H groups in total. The van der Waals surface area contributed by atoms with E-state index in [9.17, 15) is 0 Å². The monoisotopic (exact) mass is 289 g/mol. The summed E-state index contributed by atoms with van der Waals surface area (Å²) in [6.07, 6.45) is 1.11. The molecule has 2 atom stereocenters. The van der Waals surface area contributed by atoms with E-state index in [0.717, 1.165) is 23.9 Å². The molecule has 0 saturated carbocycles. The Hall–Kier alpha value is -1.46. The first-order chi connectivity index (χ1) is 9.78. The zero-order valence-electron chi connectivity index (χ0n) is 11.8. The summed E-state index contributed by atoms with van der Waals surface area (Å²) in [5, 5.41) is 1.01. The minimum Gasteiger partial charge on any atom is -0.374 e. The first kappa shape index (κ1) is 13.5. The molecular weight excluding hydrogens is 270 g/mol. The van der Waals surface area contributed by atoms with E-state index in [1.54, 1.807) is 0 Å². The molecule has 4 nitrogen and oxygen atoms in total. The Morgan fingerprint density at radius 2 is 2.15 bits per heavy atom. The van der Waals surface area contributed by atoms with E-state index in [-0.39, 0.29) is 12.1 Å². The van der Waals surface area contributed by atoms with Gasteiger partial charge in [-0.3, -0.25) is 0 Å². The van der Waals surface area contributed by atoms with Gasteiger partial charge in [0.15, 0.2) is 0 Å². The molecule has 5 heteroatoms. The molecule has 0 bridgehead atoms. The molecule has 1 fully saturated rings. The van der Waals surface area contributed by atoms with E-state index in [0.29, 0.717) is 6.61 Å². The van der Waals surface area contributed by atoms with Crippen molar-refractivity contribution in [2.75, 3.05) is 18.1 Å². The van der Waals surface area contributed by atoms with Gasteiger partial charge in [0, 0.05) is 24.5 Å². The average Bonchev–Trinajstić information content (AvgIpc) is 2.97. The van der Waals surface area contributed by atoms with Crippen molar-refractivity contribution in [2.24, 2.45) is 0 Å². The van der Waals surface area contributed by atoms with E-state index in [2.05, 4.69) is 52.4 Å². The highest BCUT2D eigenvalue weighted by Crippen LogP contribution is 2.32. The molecule has 0 amide bonds. The molecule has 20 heavy (non-hydrogen) atoms. The Labute approximate surface area is 123 Å².